The Morgan fingerprint density at radius 2 is 0.660 bits per heavy atom. The quantitative estimate of drug-likeness (QED) is 0.144. The number of nitrogens with zero attached hydrogens (tertiary/aromatic N) is 2. The SMILES string of the molecule is c1ccc(-c2ccc(N(c3ccc(-c4ccc5ccccc5c4)cc3)c3cccc4c3sc3ccc5c6ccc7c(-c8ccc(N(c9ccc%10c(c9)oc9ccccc9%10)c9cccc%10c9sc9ccc%11c%12ccc%13ccccc%13c%12oc%11c9%10)cc8)cccc7c6oc5c34)cc2)cc1. The third kappa shape index (κ3) is 8.36. The summed E-state index contributed by atoms with van der Waals surface area (Å²) in [5.41, 5.74) is 18.7. The van der Waals surface area contributed by atoms with Crippen molar-refractivity contribution in [2.24, 2.45) is 0 Å². The Hall–Kier alpha value is -12.3. The van der Waals surface area contributed by atoms with Crippen molar-refractivity contribution in [1.29, 1.82) is 0 Å². The van der Waals surface area contributed by atoms with Gasteiger partial charge >= 0.3 is 0 Å². The van der Waals surface area contributed by atoms with Crippen molar-refractivity contribution in [2.45, 2.75) is 0 Å². The lowest BCUT2D eigenvalue weighted by molar-refractivity contribution is 0.669. The van der Waals surface area contributed by atoms with Gasteiger partial charge in [-0.3, -0.25) is 0 Å². The molecule has 0 amide bonds. The molecular formula is C90H52N2O3S2. The number of furan rings is 3. The maximum Gasteiger partial charge on any atom is 0.144 e. The van der Waals surface area contributed by atoms with Crippen molar-refractivity contribution in [2.75, 3.05) is 9.80 Å². The van der Waals surface area contributed by atoms with Crippen LogP contribution in [0.3, 0.4) is 0 Å². The standard InChI is InChI=1S/C90H52N2O3S2/c1-2-13-53(14-3-1)55-29-36-61(37-30-55)91(62-38-31-56(32-39-62)60-28-27-54-15-4-5-17-59(54)51-60)77-24-11-22-75-84-82(96-89(75)77)50-48-74-72-46-45-67-65(20-10-21-70(67)86(72)95-88(74)84)58-33-40-63(41-34-58)92(64-42-44-69-68-19-8-9-26-79(68)93-80(69)52-64)78-25-12-23-76-83-81(97-90(76)78)49-47-73-71-43-35-57-16-6-7-18-66(57)85(71)94-87(73)83/h1-52H. The predicted octanol–water partition coefficient (Wildman–Crippen LogP) is 27.5. The molecule has 0 aliphatic carbocycles. The second kappa shape index (κ2) is 21.1. The van der Waals surface area contributed by atoms with E-state index in [0.29, 0.717) is 0 Å². The van der Waals surface area contributed by atoms with Gasteiger partial charge in [0.25, 0.3) is 0 Å². The van der Waals surface area contributed by atoms with Crippen molar-refractivity contribution >= 4 is 195 Å². The zero-order valence-electron chi connectivity index (χ0n) is 52.0. The maximum atomic E-state index is 7.33. The molecule has 0 atom stereocenters. The molecule has 97 heavy (non-hydrogen) atoms. The highest BCUT2D eigenvalue weighted by atomic mass is 32.1. The Bertz CT molecular complexity index is 6810. The largest absolute Gasteiger partial charge is 0.456 e. The lowest BCUT2D eigenvalue weighted by Crippen LogP contribution is -2.10. The smallest absolute Gasteiger partial charge is 0.144 e. The second-order valence-corrected chi connectivity index (χ2v) is 27.5. The number of rotatable bonds is 9. The third-order valence-corrected chi connectivity index (χ3v) is 22.4. The number of benzene rings is 16. The molecule has 0 N–H and O–H groups in total. The zero-order valence-corrected chi connectivity index (χ0v) is 53.6. The van der Waals surface area contributed by atoms with Gasteiger partial charge < -0.3 is 23.1 Å². The van der Waals surface area contributed by atoms with Crippen molar-refractivity contribution in [3.63, 3.8) is 0 Å². The van der Waals surface area contributed by atoms with Gasteiger partial charge in [0.1, 0.15) is 33.5 Å². The summed E-state index contributed by atoms with van der Waals surface area (Å²) in [4.78, 5) is 4.81. The van der Waals surface area contributed by atoms with E-state index in [-0.39, 0.29) is 0 Å². The molecule has 5 aromatic heterocycles. The van der Waals surface area contributed by atoms with E-state index in [1.807, 2.05) is 34.8 Å². The summed E-state index contributed by atoms with van der Waals surface area (Å²) in [6.45, 7) is 0. The Kier molecular flexibility index (Phi) is 11.8. The number of thiophene rings is 2. The lowest BCUT2D eigenvalue weighted by atomic mass is 9.96. The highest BCUT2D eigenvalue weighted by Crippen LogP contribution is 2.52. The van der Waals surface area contributed by atoms with E-state index in [9.17, 15) is 0 Å². The van der Waals surface area contributed by atoms with Crippen LogP contribution in [-0.4, -0.2) is 0 Å². The molecule has 5 heterocycles. The second-order valence-electron chi connectivity index (χ2n) is 25.4. The maximum absolute atomic E-state index is 7.33. The Balaban J connectivity index is 0.677. The van der Waals surface area contributed by atoms with Crippen LogP contribution in [0.15, 0.2) is 329 Å². The summed E-state index contributed by atoms with van der Waals surface area (Å²) in [6.07, 6.45) is 0. The Morgan fingerprint density at radius 3 is 1.34 bits per heavy atom. The van der Waals surface area contributed by atoms with Crippen LogP contribution < -0.4 is 9.80 Å². The molecule has 16 aromatic carbocycles. The van der Waals surface area contributed by atoms with Crippen molar-refractivity contribution in [3.8, 4) is 33.4 Å². The van der Waals surface area contributed by atoms with Crippen molar-refractivity contribution in [1.82, 2.24) is 0 Å². The van der Waals surface area contributed by atoms with Gasteiger partial charge in [-0.15, -0.1) is 22.7 Å². The minimum Gasteiger partial charge on any atom is -0.456 e. The molecular weight excluding hydrogens is 1220 g/mol. The van der Waals surface area contributed by atoms with E-state index in [0.717, 1.165) is 143 Å². The van der Waals surface area contributed by atoms with Gasteiger partial charge in [0.05, 0.1) is 20.8 Å². The normalized spacial score (nSPS) is 12.1. The first-order chi connectivity index (χ1) is 48.1. The van der Waals surface area contributed by atoms with Crippen LogP contribution in [0, 0.1) is 0 Å². The Labute approximate surface area is 563 Å². The lowest BCUT2D eigenvalue weighted by Gasteiger charge is -2.26. The Morgan fingerprint density at radius 1 is 0.227 bits per heavy atom. The molecule has 0 aliphatic rings. The molecule has 21 rings (SSSR count). The molecule has 0 fully saturated rings. The average molecular weight is 1270 g/mol. The first-order valence-corrected chi connectivity index (χ1v) is 34.5. The van der Waals surface area contributed by atoms with Gasteiger partial charge in [0.2, 0.25) is 0 Å². The fourth-order valence-electron chi connectivity index (χ4n) is 15.5. The van der Waals surface area contributed by atoms with Crippen molar-refractivity contribution in [3.05, 3.63) is 315 Å². The zero-order chi connectivity index (χ0) is 63.4. The fourth-order valence-corrected chi connectivity index (χ4v) is 17.9. The third-order valence-electron chi connectivity index (χ3n) is 20.1. The molecule has 0 spiro atoms. The van der Waals surface area contributed by atoms with Gasteiger partial charge in [-0.05, 0) is 164 Å². The highest BCUT2D eigenvalue weighted by Gasteiger charge is 2.26. The molecule has 7 heteroatoms. The molecule has 452 valence electrons. The summed E-state index contributed by atoms with van der Waals surface area (Å²) < 4.78 is 25.6. The van der Waals surface area contributed by atoms with E-state index in [1.54, 1.807) is 0 Å². The molecule has 21 aromatic rings. The van der Waals surface area contributed by atoms with Crippen LogP contribution in [-0.2, 0) is 0 Å². The van der Waals surface area contributed by atoms with Gasteiger partial charge in [0.15, 0.2) is 0 Å². The topological polar surface area (TPSA) is 45.9 Å². The van der Waals surface area contributed by atoms with Gasteiger partial charge in [-0.25, -0.2) is 0 Å². The van der Waals surface area contributed by atoms with Crippen LogP contribution in [0.2, 0.25) is 0 Å². The van der Waals surface area contributed by atoms with E-state index in [2.05, 4.69) is 313 Å². The molecule has 0 bridgehead atoms. The average Bonchev–Trinajstić information content (AvgIpc) is 1.58. The van der Waals surface area contributed by atoms with Crippen LogP contribution in [0.1, 0.15) is 0 Å². The molecule has 0 saturated carbocycles. The summed E-state index contributed by atoms with van der Waals surface area (Å²) in [5.74, 6) is 0. The first-order valence-electron chi connectivity index (χ1n) is 32.8. The summed E-state index contributed by atoms with van der Waals surface area (Å²) in [5, 5.41) is 18.2. The minimum atomic E-state index is 0.841. The molecule has 0 aliphatic heterocycles. The summed E-state index contributed by atoms with van der Waals surface area (Å²) >= 11 is 3.64. The van der Waals surface area contributed by atoms with E-state index >= 15 is 0 Å². The summed E-state index contributed by atoms with van der Waals surface area (Å²) in [7, 11) is 0. The number of anilines is 6. The first kappa shape index (κ1) is 54.2. The number of para-hydroxylation sites is 1. The monoisotopic (exact) mass is 1270 g/mol. The van der Waals surface area contributed by atoms with Gasteiger partial charge in [0, 0.05) is 103 Å². The fraction of sp³-hybridized carbons (Fsp3) is 0. The summed E-state index contributed by atoms with van der Waals surface area (Å²) in [6, 6.07) is 115. The van der Waals surface area contributed by atoms with Crippen LogP contribution >= 0.6 is 22.7 Å². The van der Waals surface area contributed by atoms with Gasteiger partial charge in [-0.2, -0.15) is 0 Å². The molecule has 5 nitrogen and oxygen atoms in total. The predicted molar refractivity (Wildman–Crippen MR) is 412 cm³/mol. The molecule has 0 saturated heterocycles. The van der Waals surface area contributed by atoms with Crippen LogP contribution in [0.25, 0.3) is 172 Å². The number of hydrogen-bond acceptors (Lipinski definition) is 7. The van der Waals surface area contributed by atoms with E-state index < -0.39 is 0 Å². The minimum absolute atomic E-state index is 0.841. The van der Waals surface area contributed by atoms with Crippen LogP contribution in [0.4, 0.5) is 34.1 Å². The van der Waals surface area contributed by atoms with Gasteiger partial charge in [-0.1, -0.05) is 200 Å². The molecule has 0 unspecified atom stereocenters. The van der Waals surface area contributed by atoms with Crippen molar-refractivity contribution < 1.29 is 13.3 Å². The number of fused-ring (bicyclic) bond motifs is 22. The molecule has 0 radical (unpaired) electrons. The van der Waals surface area contributed by atoms with E-state index in [4.69, 9.17) is 13.3 Å². The number of hydrogen-bond donors (Lipinski definition) is 0. The van der Waals surface area contributed by atoms with E-state index in [1.165, 1.54) is 62.6 Å². The van der Waals surface area contributed by atoms with Crippen LogP contribution in [0.5, 0.6) is 0 Å². The highest BCUT2D eigenvalue weighted by molar-refractivity contribution is 7.27.